The largest absolute Gasteiger partial charge is 0.378 e. The number of rotatable bonds is 5. The average Bonchev–Trinajstić information content (AvgIpc) is 2.21. The second-order valence-electron chi connectivity index (χ2n) is 4.91. The number of carbonyl (C=O) groups excluding carboxylic acids is 1. The Hall–Kier alpha value is -1.29. The quantitative estimate of drug-likeness (QED) is 0.807. The van der Waals surface area contributed by atoms with Crippen LogP contribution in [0.25, 0.3) is 0 Å². The van der Waals surface area contributed by atoms with Crippen molar-refractivity contribution >= 4 is 5.78 Å². The summed E-state index contributed by atoms with van der Waals surface area (Å²) in [5.74, 6) is -1.34. The third-order valence-electron chi connectivity index (χ3n) is 3.54. The van der Waals surface area contributed by atoms with Crippen LogP contribution in [-0.4, -0.2) is 18.5 Å². The molecule has 0 aromatic heterocycles. The number of carbonyl (C=O) groups is 1. The van der Waals surface area contributed by atoms with Crippen molar-refractivity contribution in [1.82, 2.24) is 0 Å². The summed E-state index contributed by atoms with van der Waals surface area (Å²) in [5.41, 5.74) is 0.0474. The molecule has 18 heavy (non-hydrogen) atoms. The second-order valence-corrected chi connectivity index (χ2v) is 4.91. The summed E-state index contributed by atoms with van der Waals surface area (Å²) in [6, 6.07) is 3.19. The fraction of sp³-hybridized carbons (Fsp3) is 0.500. The summed E-state index contributed by atoms with van der Waals surface area (Å²) >= 11 is 0. The van der Waals surface area contributed by atoms with E-state index in [0.717, 1.165) is 25.3 Å². The second kappa shape index (κ2) is 5.14. The normalized spacial score (nSPS) is 17.3. The molecule has 1 saturated carbocycles. The third-order valence-corrected chi connectivity index (χ3v) is 3.54. The predicted molar refractivity (Wildman–Crippen MR) is 63.3 cm³/mol. The molecule has 0 N–H and O–H groups in total. The lowest BCUT2D eigenvalue weighted by molar-refractivity contribution is -0.131. The molecule has 2 nitrogen and oxygen atoms in total. The molecule has 0 atom stereocenters. The molecule has 0 radical (unpaired) electrons. The van der Waals surface area contributed by atoms with Gasteiger partial charge >= 0.3 is 0 Å². The first-order chi connectivity index (χ1) is 8.53. The highest BCUT2D eigenvalue weighted by molar-refractivity contribution is 5.82. The molecule has 98 valence electrons. The SMILES string of the molecule is COC1(CC(=O)Cc2cc(F)cc(F)c2)CCC1. The molecule has 1 fully saturated rings. The summed E-state index contributed by atoms with van der Waals surface area (Å²) in [4.78, 5) is 11.9. The monoisotopic (exact) mass is 254 g/mol. The zero-order chi connectivity index (χ0) is 13.2. The Bertz CT molecular complexity index is 427. The summed E-state index contributed by atoms with van der Waals surface area (Å²) in [6.07, 6.45) is 3.20. The molecule has 0 aliphatic heterocycles. The summed E-state index contributed by atoms with van der Waals surface area (Å²) in [5, 5.41) is 0. The minimum Gasteiger partial charge on any atom is -0.378 e. The Labute approximate surface area is 105 Å². The van der Waals surface area contributed by atoms with Crippen molar-refractivity contribution in [3.63, 3.8) is 0 Å². The van der Waals surface area contributed by atoms with Gasteiger partial charge in [0, 0.05) is 26.0 Å². The molecule has 0 amide bonds. The molecule has 0 saturated heterocycles. The molecule has 1 aliphatic rings. The van der Waals surface area contributed by atoms with E-state index in [1.165, 1.54) is 12.1 Å². The Morgan fingerprint density at radius 1 is 1.28 bits per heavy atom. The zero-order valence-electron chi connectivity index (χ0n) is 10.3. The Morgan fingerprint density at radius 2 is 1.89 bits per heavy atom. The van der Waals surface area contributed by atoms with E-state index in [2.05, 4.69) is 0 Å². The van der Waals surface area contributed by atoms with Crippen LogP contribution in [0.3, 0.4) is 0 Å². The number of hydrogen-bond acceptors (Lipinski definition) is 2. The van der Waals surface area contributed by atoms with Crippen molar-refractivity contribution in [3.05, 3.63) is 35.4 Å². The van der Waals surface area contributed by atoms with Crippen molar-refractivity contribution in [1.29, 1.82) is 0 Å². The number of ether oxygens (including phenoxy) is 1. The Balaban J connectivity index is 1.98. The van der Waals surface area contributed by atoms with Gasteiger partial charge in [0.2, 0.25) is 0 Å². The van der Waals surface area contributed by atoms with E-state index in [1.807, 2.05) is 0 Å². The molecule has 1 aromatic rings. The first-order valence-corrected chi connectivity index (χ1v) is 6.05. The van der Waals surface area contributed by atoms with E-state index in [-0.39, 0.29) is 17.8 Å². The van der Waals surface area contributed by atoms with Gasteiger partial charge in [-0.25, -0.2) is 8.78 Å². The minimum absolute atomic E-state index is 0.0402. The molecule has 1 aliphatic carbocycles. The fourth-order valence-electron chi connectivity index (χ4n) is 2.39. The standard InChI is InChI=1S/C14H16F2O2/c1-18-14(3-2-4-14)9-13(17)7-10-5-11(15)8-12(16)6-10/h5-6,8H,2-4,7,9H2,1H3. The maximum Gasteiger partial charge on any atom is 0.140 e. The number of methoxy groups -OCH3 is 1. The van der Waals surface area contributed by atoms with Crippen LogP contribution in [0.1, 0.15) is 31.2 Å². The molecule has 4 heteroatoms. The predicted octanol–water partition coefficient (Wildman–Crippen LogP) is 3.04. The number of Topliss-reactive ketones (excluding diaryl/α,β-unsaturated/α-hetero) is 1. The Morgan fingerprint density at radius 3 is 2.33 bits per heavy atom. The number of halogens is 2. The van der Waals surface area contributed by atoms with Gasteiger partial charge in [0.15, 0.2) is 0 Å². The summed E-state index contributed by atoms with van der Waals surface area (Å²) in [7, 11) is 1.61. The van der Waals surface area contributed by atoms with E-state index >= 15 is 0 Å². The molecular formula is C14H16F2O2. The Kier molecular flexibility index (Phi) is 3.76. The van der Waals surface area contributed by atoms with Crippen molar-refractivity contribution in [2.24, 2.45) is 0 Å². The van der Waals surface area contributed by atoms with Crippen molar-refractivity contribution in [2.75, 3.05) is 7.11 Å². The van der Waals surface area contributed by atoms with Gasteiger partial charge in [-0.2, -0.15) is 0 Å². The highest BCUT2D eigenvalue weighted by Crippen LogP contribution is 2.38. The van der Waals surface area contributed by atoms with Gasteiger partial charge in [-0.1, -0.05) is 0 Å². The zero-order valence-corrected chi connectivity index (χ0v) is 10.3. The van der Waals surface area contributed by atoms with Crippen LogP contribution in [0.2, 0.25) is 0 Å². The smallest absolute Gasteiger partial charge is 0.140 e. The first-order valence-electron chi connectivity index (χ1n) is 6.05. The van der Waals surface area contributed by atoms with E-state index < -0.39 is 11.6 Å². The molecule has 0 unspecified atom stereocenters. The lowest BCUT2D eigenvalue weighted by Gasteiger charge is -2.40. The highest BCUT2D eigenvalue weighted by Gasteiger charge is 2.38. The van der Waals surface area contributed by atoms with E-state index in [1.54, 1.807) is 7.11 Å². The minimum atomic E-state index is -0.650. The van der Waals surface area contributed by atoms with Gasteiger partial charge in [0.1, 0.15) is 17.4 Å². The van der Waals surface area contributed by atoms with Gasteiger partial charge in [0.05, 0.1) is 5.60 Å². The first kappa shape index (κ1) is 13.1. The van der Waals surface area contributed by atoms with E-state index in [4.69, 9.17) is 4.74 Å². The maximum atomic E-state index is 13.0. The molecule has 0 spiro atoms. The topological polar surface area (TPSA) is 26.3 Å². The fourth-order valence-corrected chi connectivity index (χ4v) is 2.39. The molecule has 0 bridgehead atoms. The van der Waals surface area contributed by atoms with Crippen LogP contribution in [0.15, 0.2) is 18.2 Å². The summed E-state index contributed by atoms with van der Waals surface area (Å²) in [6.45, 7) is 0. The maximum absolute atomic E-state index is 13.0. The molecule has 0 heterocycles. The van der Waals surface area contributed by atoms with E-state index in [9.17, 15) is 13.6 Å². The van der Waals surface area contributed by atoms with Crippen LogP contribution >= 0.6 is 0 Å². The average molecular weight is 254 g/mol. The highest BCUT2D eigenvalue weighted by atomic mass is 19.1. The van der Waals surface area contributed by atoms with Crippen LogP contribution in [0, 0.1) is 11.6 Å². The number of benzene rings is 1. The van der Waals surface area contributed by atoms with E-state index in [0.29, 0.717) is 12.0 Å². The third kappa shape index (κ3) is 2.93. The van der Waals surface area contributed by atoms with Crippen molar-refractivity contribution in [2.45, 2.75) is 37.7 Å². The lowest BCUT2D eigenvalue weighted by atomic mass is 9.76. The van der Waals surface area contributed by atoms with Gasteiger partial charge in [-0.05, 0) is 37.0 Å². The lowest BCUT2D eigenvalue weighted by Crippen LogP contribution is -2.41. The van der Waals surface area contributed by atoms with Gasteiger partial charge in [-0.15, -0.1) is 0 Å². The number of ketones is 1. The van der Waals surface area contributed by atoms with Gasteiger partial charge in [-0.3, -0.25) is 4.79 Å². The van der Waals surface area contributed by atoms with Crippen LogP contribution < -0.4 is 0 Å². The summed E-state index contributed by atoms with van der Waals surface area (Å²) < 4.78 is 31.3. The molecular weight excluding hydrogens is 238 g/mol. The van der Waals surface area contributed by atoms with Crippen molar-refractivity contribution in [3.8, 4) is 0 Å². The van der Waals surface area contributed by atoms with Crippen LogP contribution in [0.4, 0.5) is 8.78 Å². The van der Waals surface area contributed by atoms with Crippen molar-refractivity contribution < 1.29 is 18.3 Å². The van der Waals surface area contributed by atoms with Gasteiger partial charge in [0.25, 0.3) is 0 Å². The molecule has 1 aromatic carbocycles. The van der Waals surface area contributed by atoms with Crippen LogP contribution in [-0.2, 0) is 16.0 Å². The number of hydrogen-bond donors (Lipinski definition) is 0. The van der Waals surface area contributed by atoms with Gasteiger partial charge < -0.3 is 4.74 Å². The van der Waals surface area contributed by atoms with Crippen LogP contribution in [0.5, 0.6) is 0 Å². The molecule has 2 rings (SSSR count).